The summed E-state index contributed by atoms with van der Waals surface area (Å²) in [6.07, 6.45) is 0.302. The lowest BCUT2D eigenvalue weighted by Gasteiger charge is -2.17. The molecule has 0 aliphatic heterocycles. The molecule has 0 bridgehead atoms. The Morgan fingerprint density at radius 1 is 1.50 bits per heavy atom. The molecule has 0 atom stereocenters. The van der Waals surface area contributed by atoms with Crippen molar-refractivity contribution in [3.05, 3.63) is 17.0 Å². The van der Waals surface area contributed by atoms with E-state index in [9.17, 15) is 4.79 Å². The van der Waals surface area contributed by atoms with Crippen LogP contribution in [0.3, 0.4) is 0 Å². The topological polar surface area (TPSA) is 81.2 Å². The number of aromatic nitrogens is 1. The number of hydrogen-bond acceptors (Lipinski definition) is 4. The van der Waals surface area contributed by atoms with Crippen LogP contribution < -0.4 is 11.1 Å². The van der Waals surface area contributed by atoms with Crippen molar-refractivity contribution in [3.8, 4) is 0 Å². The van der Waals surface area contributed by atoms with Gasteiger partial charge in [-0.25, -0.2) is 0 Å². The number of nitrogens with one attached hydrogen (secondary N) is 1. The van der Waals surface area contributed by atoms with Gasteiger partial charge < -0.3 is 15.6 Å². The first-order chi connectivity index (χ1) is 7.29. The van der Waals surface area contributed by atoms with Crippen molar-refractivity contribution in [2.75, 3.05) is 0 Å². The van der Waals surface area contributed by atoms with Crippen LogP contribution in [0, 0.1) is 13.8 Å². The molecule has 3 N–H and O–H groups in total. The van der Waals surface area contributed by atoms with Crippen LogP contribution in [-0.4, -0.2) is 16.6 Å². The molecular weight excluding hydrogens is 206 g/mol. The van der Waals surface area contributed by atoms with Crippen molar-refractivity contribution in [3.63, 3.8) is 0 Å². The molecule has 5 nitrogen and oxygen atoms in total. The van der Waals surface area contributed by atoms with Gasteiger partial charge >= 0.3 is 0 Å². The fourth-order valence-corrected chi connectivity index (χ4v) is 1.42. The first kappa shape index (κ1) is 12.7. The zero-order valence-electron chi connectivity index (χ0n) is 10.3. The quantitative estimate of drug-likeness (QED) is 0.802. The number of nitrogens with zero attached hydrogens (tertiary/aromatic N) is 1. The number of aryl methyl sites for hydroxylation is 2. The maximum atomic E-state index is 11.5. The van der Waals surface area contributed by atoms with E-state index in [1.54, 1.807) is 0 Å². The van der Waals surface area contributed by atoms with Gasteiger partial charge in [0.15, 0.2) is 0 Å². The Labute approximate surface area is 95.4 Å². The molecule has 0 aliphatic carbocycles. The standard InChI is InChI=1S/C11H19N3O2/c1-7-9(8(2)16-14-7)6-13-10(15)5-11(3,4)12/h5-6,12H2,1-4H3,(H,13,15). The lowest BCUT2D eigenvalue weighted by Crippen LogP contribution is -2.38. The molecule has 0 radical (unpaired) electrons. The summed E-state index contributed by atoms with van der Waals surface area (Å²) in [6.45, 7) is 7.76. The van der Waals surface area contributed by atoms with Crippen LogP contribution in [0.15, 0.2) is 4.52 Å². The van der Waals surface area contributed by atoms with Gasteiger partial charge in [0, 0.05) is 24.1 Å². The molecule has 1 amide bonds. The van der Waals surface area contributed by atoms with Gasteiger partial charge in [0.05, 0.1) is 5.69 Å². The van der Waals surface area contributed by atoms with Crippen LogP contribution in [0.5, 0.6) is 0 Å². The SMILES string of the molecule is Cc1noc(C)c1CNC(=O)CC(C)(C)N. The van der Waals surface area contributed by atoms with E-state index in [1.165, 1.54) is 0 Å². The Hall–Kier alpha value is -1.36. The molecule has 0 spiro atoms. The molecule has 0 saturated carbocycles. The van der Waals surface area contributed by atoms with Crippen molar-refractivity contribution in [2.45, 2.75) is 46.2 Å². The first-order valence-corrected chi connectivity index (χ1v) is 5.27. The van der Waals surface area contributed by atoms with E-state index in [-0.39, 0.29) is 5.91 Å². The lowest BCUT2D eigenvalue weighted by molar-refractivity contribution is -0.122. The number of hydrogen-bond donors (Lipinski definition) is 2. The Morgan fingerprint density at radius 3 is 2.56 bits per heavy atom. The summed E-state index contributed by atoms with van der Waals surface area (Å²) in [5, 5.41) is 6.62. The largest absolute Gasteiger partial charge is 0.361 e. The van der Waals surface area contributed by atoms with Gasteiger partial charge in [-0.2, -0.15) is 0 Å². The second-order valence-corrected chi connectivity index (χ2v) is 4.74. The van der Waals surface area contributed by atoms with Crippen LogP contribution in [0.1, 0.15) is 37.3 Å². The summed E-state index contributed by atoms with van der Waals surface area (Å²) in [5.74, 6) is 0.678. The smallest absolute Gasteiger partial charge is 0.222 e. The zero-order valence-corrected chi connectivity index (χ0v) is 10.3. The van der Waals surface area contributed by atoms with Crippen LogP contribution in [0.25, 0.3) is 0 Å². The van der Waals surface area contributed by atoms with Crippen molar-refractivity contribution < 1.29 is 9.32 Å². The van der Waals surface area contributed by atoms with E-state index >= 15 is 0 Å². The van der Waals surface area contributed by atoms with Crippen LogP contribution in [-0.2, 0) is 11.3 Å². The molecule has 5 heteroatoms. The molecule has 16 heavy (non-hydrogen) atoms. The molecule has 1 aromatic heterocycles. The molecule has 0 unspecified atom stereocenters. The molecule has 0 fully saturated rings. The fourth-order valence-electron chi connectivity index (χ4n) is 1.42. The van der Waals surface area contributed by atoms with Gasteiger partial charge in [0.2, 0.25) is 5.91 Å². The highest BCUT2D eigenvalue weighted by Crippen LogP contribution is 2.11. The van der Waals surface area contributed by atoms with Crippen molar-refractivity contribution >= 4 is 5.91 Å². The highest BCUT2D eigenvalue weighted by Gasteiger charge is 2.17. The zero-order chi connectivity index (χ0) is 12.3. The fraction of sp³-hybridized carbons (Fsp3) is 0.636. The maximum absolute atomic E-state index is 11.5. The molecule has 90 valence electrons. The normalized spacial score (nSPS) is 11.6. The Bertz CT molecular complexity index is 358. The average molecular weight is 225 g/mol. The second kappa shape index (κ2) is 4.65. The van der Waals surface area contributed by atoms with Crippen molar-refractivity contribution in [2.24, 2.45) is 5.73 Å². The molecule has 1 aromatic rings. The predicted octanol–water partition coefficient (Wildman–Crippen LogP) is 1.04. The Balaban J connectivity index is 2.50. The molecule has 0 saturated heterocycles. The monoisotopic (exact) mass is 225 g/mol. The molecule has 0 aromatic carbocycles. The summed E-state index contributed by atoms with van der Waals surface area (Å²) in [7, 11) is 0. The van der Waals surface area contributed by atoms with Crippen molar-refractivity contribution in [1.82, 2.24) is 10.5 Å². The van der Waals surface area contributed by atoms with E-state index in [0.717, 1.165) is 17.0 Å². The van der Waals surface area contributed by atoms with Crippen molar-refractivity contribution in [1.29, 1.82) is 0 Å². The Morgan fingerprint density at radius 2 is 2.12 bits per heavy atom. The molecule has 0 aliphatic rings. The Kier molecular flexibility index (Phi) is 3.70. The van der Waals surface area contributed by atoms with E-state index in [2.05, 4.69) is 10.5 Å². The van der Waals surface area contributed by atoms with Gasteiger partial charge in [-0.3, -0.25) is 4.79 Å². The third-order valence-electron chi connectivity index (χ3n) is 2.26. The van der Waals surface area contributed by atoms with Gasteiger partial charge in [-0.15, -0.1) is 0 Å². The lowest BCUT2D eigenvalue weighted by atomic mass is 10.0. The molecular formula is C11H19N3O2. The first-order valence-electron chi connectivity index (χ1n) is 5.27. The van der Waals surface area contributed by atoms with Crippen LogP contribution in [0.4, 0.5) is 0 Å². The summed E-state index contributed by atoms with van der Waals surface area (Å²) < 4.78 is 5.00. The highest BCUT2D eigenvalue weighted by atomic mass is 16.5. The summed E-state index contributed by atoms with van der Waals surface area (Å²) in [6, 6.07) is 0. The number of amides is 1. The predicted molar refractivity (Wildman–Crippen MR) is 60.7 cm³/mol. The number of nitrogens with two attached hydrogens (primary N) is 1. The van der Waals surface area contributed by atoms with Gasteiger partial charge in [0.1, 0.15) is 5.76 Å². The van der Waals surface area contributed by atoms with E-state index < -0.39 is 5.54 Å². The van der Waals surface area contributed by atoms with E-state index in [0.29, 0.717) is 13.0 Å². The summed E-state index contributed by atoms with van der Waals surface area (Å²) in [5.41, 5.74) is 7.01. The molecule has 1 rings (SSSR count). The van der Waals surface area contributed by atoms with Crippen LogP contribution in [0.2, 0.25) is 0 Å². The number of rotatable bonds is 4. The number of carbonyl (C=O) groups excluding carboxylic acids is 1. The average Bonchev–Trinajstić information content (AvgIpc) is 2.41. The number of carbonyl (C=O) groups is 1. The third kappa shape index (κ3) is 3.66. The highest BCUT2D eigenvalue weighted by molar-refractivity contribution is 5.77. The van der Waals surface area contributed by atoms with Crippen LogP contribution >= 0.6 is 0 Å². The summed E-state index contributed by atoms with van der Waals surface area (Å²) in [4.78, 5) is 11.5. The van der Waals surface area contributed by atoms with Gasteiger partial charge in [-0.05, 0) is 27.7 Å². The second-order valence-electron chi connectivity index (χ2n) is 4.74. The maximum Gasteiger partial charge on any atom is 0.222 e. The summed E-state index contributed by atoms with van der Waals surface area (Å²) >= 11 is 0. The van der Waals surface area contributed by atoms with E-state index in [4.69, 9.17) is 10.3 Å². The third-order valence-corrected chi connectivity index (χ3v) is 2.26. The van der Waals surface area contributed by atoms with E-state index in [1.807, 2.05) is 27.7 Å². The minimum atomic E-state index is -0.483. The van der Waals surface area contributed by atoms with Gasteiger partial charge in [0.25, 0.3) is 0 Å². The molecule has 1 heterocycles. The minimum absolute atomic E-state index is 0.0625. The van der Waals surface area contributed by atoms with Gasteiger partial charge in [-0.1, -0.05) is 5.16 Å². The minimum Gasteiger partial charge on any atom is -0.361 e.